The van der Waals surface area contributed by atoms with Gasteiger partial charge in [0.2, 0.25) is 0 Å². The van der Waals surface area contributed by atoms with Gasteiger partial charge in [-0.2, -0.15) is 5.10 Å². The Hall–Kier alpha value is -3.14. The first kappa shape index (κ1) is 33.7. The highest BCUT2D eigenvalue weighted by Gasteiger charge is 2.31. The Bertz CT molecular complexity index is 1730. The van der Waals surface area contributed by atoms with E-state index in [4.69, 9.17) is 33.3 Å². The molecule has 0 bridgehead atoms. The third-order valence-corrected chi connectivity index (χ3v) is 10.5. The Balaban J connectivity index is 1.20. The SMILES string of the molecule is COc1cc2c(NSc3c(OC)cc(C4CN(C(=O)OC(C)(C)C)CCO4)cc3OC)noc2cc1Nc1cc(C2CC2)n(PI)n1. The van der Waals surface area contributed by atoms with Crippen LogP contribution in [0.1, 0.15) is 56.9 Å². The fraction of sp³-hybridized carbons (Fsp3) is 0.452. The molecule has 2 aliphatic rings. The molecule has 13 nitrogen and oxygen atoms in total. The largest absolute Gasteiger partial charge is 0.495 e. The highest BCUT2D eigenvalue weighted by molar-refractivity contribution is 14.2. The summed E-state index contributed by atoms with van der Waals surface area (Å²) in [7, 11) is 4.82. The lowest BCUT2D eigenvalue weighted by atomic mass is 10.1. The molecule has 1 saturated carbocycles. The first-order valence-electron chi connectivity index (χ1n) is 15.1. The van der Waals surface area contributed by atoms with E-state index in [1.807, 2.05) is 45.0 Å². The maximum absolute atomic E-state index is 12.7. The number of carbonyl (C=O) groups is 1. The zero-order valence-electron chi connectivity index (χ0n) is 27.0. The van der Waals surface area contributed by atoms with Crippen molar-refractivity contribution in [3.63, 3.8) is 0 Å². The maximum Gasteiger partial charge on any atom is 0.410 e. The Morgan fingerprint density at radius 1 is 1.06 bits per heavy atom. The van der Waals surface area contributed by atoms with Crippen molar-refractivity contribution in [1.82, 2.24) is 19.6 Å². The molecule has 2 fully saturated rings. The fourth-order valence-electron chi connectivity index (χ4n) is 5.27. The number of nitrogens with one attached hydrogen (secondary N) is 2. The molecule has 6 rings (SSSR count). The number of benzene rings is 2. The van der Waals surface area contributed by atoms with Crippen LogP contribution in [-0.4, -0.2) is 72.3 Å². The number of hydrogen-bond acceptors (Lipinski definition) is 12. The molecule has 16 heteroatoms. The number of halogens is 1. The number of hydrogen-bond donors (Lipinski definition) is 2. The number of methoxy groups -OCH3 is 3. The molecule has 3 heterocycles. The van der Waals surface area contributed by atoms with Crippen molar-refractivity contribution >= 4 is 74.7 Å². The van der Waals surface area contributed by atoms with Crippen LogP contribution in [-0.2, 0) is 9.47 Å². The number of amides is 1. The number of fused-ring (bicyclic) bond motifs is 1. The molecule has 252 valence electrons. The molecule has 4 aromatic rings. The van der Waals surface area contributed by atoms with Gasteiger partial charge in [0.25, 0.3) is 0 Å². The zero-order chi connectivity index (χ0) is 33.3. The van der Waals surface area contributed by atoms with Crippen LogP contribution in [0.2, 0.25) is 0 Å². The summed E-state index contributed by atoms with van der Waals surface area (Å²) in [6.45, 7) is 6.74. The van der Waals surface area contributed by atoms with Crippen molar-refractivity contribution in [1.29, 1.82) is 0 Å². The van der Waals surface area contributed by atoms with E-state index in [1.165, 1.54) is 30.5 Å². The van der Waals surface area contributed by atoms with Gasteiger partial charge in [-0.3, -0.25) is 0 Å². The summed E-state index contributed by atoms with van der Waals surface area (Å²) >= 11 is 3.64. The molecular formula is C31H38IN6O7PS. The van der Waals surface area contributed by atoms with Crippen LogP contribution in [0.5, 0.6) is 17.2 Å². The molecule has 2 unspecified atom stereocenters. The number of anilines is 3. The van der Waals surface area contributed by atoms with Crippen molar-refractivity contribution in [2.75, 3.05) is 51.1 Å². The Morgan fingerprint density at radius 3 is 2.43 bits per heavy atom. The average Bonchev–Trinajstić information content (AvgIpc) is 3.71. The summed E-state index contributed by atoms with van der Waals surface area (Å²) in [4.78, 5) is 15.1. The summed E-state index contributed by atoms with van der Waals surface area (Å²) < 4.78 is 40.0. The highest BCUT2D eigenvalue weighted by Crippen LogP contribution is 2.45. The van der Waals surface area contributed by atoms with Crippen molar-refractivity contribution in [2.24, 2.45) is 0 Å². The quantitative estimate of drug-likeness (QED) is 0.0869. The van der Waals surface area contributed by atoms with E-state index >= 15 is 0 Å². The predicted octanol–water partition coefficient (Wildman–Crippen LogP) is 7.89. The van der Waals surface area contributed by atoms with Gasteiger partial charge in [-0.05, 0) is 91.4 Å². The van der Waals surface area contributed by atoms with Gasteiger partial charge in [-0.15, -0.1) is 0 Å². The van der Waals surface area contributed by atoms with E-state index in [0.717, 1.165) is 22.5 Å². The minimum Gasteiger partial charge on any atom is -0.495 e. The summed E-state index contributed by atoms with van der Waals surface area (Å²) in [6, 6.07) is 9.64. The smallest absolute Gasteiger partial charge is 0.410 e. The van der Waals surface area contributed by atoms with Crippen molar-refractivity contribution in [3.05, 3.63) is 41.6 Å². The number of nitrogens with zero attached hydrogens (tertiary/aromatic N) is 4. The summed E-state index contributed by atoms with van der Waals surface area (Å²) in [5, 5.41) is 13.2. The minimum atomic E-state index is -0.582. The number of rotatable bonds is 11. The molecule has 1 saturated heterocycles. The van der Waals surface area contributed by atoms with Gasteiger partial charge in [0.15, 0.2) is 17.2 Å². The standard InChI is InChI=1S/C31H38IN6O7PS/c1-31(2,3)44-30(39)37-9-10-43-26(16-37)18-11-24(41-5)28(25(12-18)42-6)47-36-29-19-13-23(40-4)20(14-22(19)45-35-29)33-27-15-21(17-7-8-17)38(34-27)46-32/h11-15,17,26,46H,7-10,16H2,1-6H3,(H,33,34)(H,35,36). The predicted molar refractivity (Wildman–Crippen MR) is 191 cm³/mol. The summed E-state index contributed by atoms with van der Waals surface area (Å²) in [5.74, 6) is 3.64. The summed E-state index contributed by atoms with van der Waals surface area (Å²) in [6.07, 6.45) is 2.20. The Kier molecular flexibility index (Phi) is 10.2. The second-order valence-corrected chi connectivity index (χ2v) is 15.0. The summed E-state index contributed by atoms with van der Waals surface area (Å²) in [5.41, 5.74) is 2.81. The van der Waals surface area contributed by atoms with Gasteiger partial charge in [0.1, 0.15) is 33.8 Å². The first-order valence-corrected chi connectivity index (χ1v) is 20.0. The van der Waals surface area contributed by atoms with Crippen LogP contribution in [0, 0.1) is 0 Å². The van der Waals surface area contributed by atoms with Crippen LogP contribution in [0.3, 0.4) is 0 Å². The lowest BCUT2D eigenvalue weighted by Crippen LogP contribution is -2.44. The number of carbonyl (C=O) groups excluding carboxylic acids is 1. The van der Waals surface area contributed by atoms with Gasteiger partial charge in [0, 0.05) is 30.3 Å². The lowest BCUT2D eigenvalue weighted by Gasteiger charge is -2.34. The zero-order valence-corrected chi connectivity index (χ0v) is 31.0. The van der Waals surface area contributed by atoms with Crippen LogP contribution >= 0.6 is 40.4 Å². The third-order valence-electron chi connectivity index (χ3n) is 7.69. The van der Waals surface area contributed by atoms with Gasteiger partial charge >= 0.3 is 6.09 Å². The van der Waals surface area contributed by atoms with Crippen LogP contribution < -0.4 is 24.2 Å². The minimum absolute atomic E-state index is 0.345. The monoisotopic (exact) mass is 796 g/mol. The molecule has 1 aliphatic carbocycles. The molecule has 2 aromatic heterocycles. The normalized spacial score (nSPS) is 16.9. The second-order valence-electron chi connectivity index (χ2n) is 12.2. The van der Waals surface area contributed by atoms with Crippen molar-refractivity contribution < 1.29 is 33.0 Å². The number of morpholine rings is 1. The van der Waals surface area contributed by atoms with E-state index < -0.39 is 5.60 Å². The molecule has 47 heavy (non-hydrogen) atoms. The Labute approximate surface area is 292 Å². The van der Waals surface area contributed by atoms with Crippen LogP contribution in [0.25, 0.3) is 11.0 Å². The van der Waals surface area contributed by atoms with E-state index in [1.54, 1.807) is 26.2 Å². The van der Waals surface area contributed by atoms with Gasteiger partial charge in [-0.25, -0.2) is 9.25 Å². The highest BCUT2D eigenvalue weighted by atomic mass is 127. The Morgan fingerprint density at radius 2 is 1.79 bits per heavy atom. The fourth-order valence-corrected chi connectivity index (χ4v) is 7.75. The van der Waals surface area contributed by atoms with E-state index in [2.05, 4.69) is 47.8 Å². The molecule has 2 N–H and O–H groups in total. The first-order chi connectivity index (χ1) is 22.6. The lowest BCUT2D eigenvalue weighted by molar-refractivity contribution is -0.0433. The van der Waals surface area contributed by atoms with Gasteiger partial charge in [0.05, 0.1) is 51.9 Å². The molecular weight excluding hydrogens is 758 g/mol. The van der Waals surface area contributed by atoms with Crippen molar-refractivity contribution in [2.45, 2.75) is 56.1 Å². The van der Waals surface area contributed by atoms with Gasteiger partial charge in [-0.1, -0.05) is 5.16 Å². The second kappa shape index (κ2) is 14.1. The van der Waals surface area contributed by atoms with E-state index in [9.17, 15) is 4.79 Å². The molecule has 1 aliphatic heterocycles. The average molecular weight is 797 g/mol. The molecule has 0 spiro atoms. The molecule has 1 amide bonds. The third kappa shape index (κ3) is 7.63. The number of aromatic nitrogens is 3. The molecule has 2 atom stereocenters. The van der Waals surface area contributed by atoms with Gasteiger partial charge < -0.3 is 43.1 Å². The molecule has 0 radical (unpaired) electrons. The molecule has 2 aromatic carbocycles. The van der Waals surface area contributed by atoms with Crippen LogP contribution in [0.4, 0.5) is 22.1 Å². The number of ether oxygens (including phenoxy) is 5. The maximum atomic E-state index is 12.7. The van der Waals surface area contributed by atoms with E-state index in [0.29, 0.717) is 65.5 Å². The van der Waals surface area contributed by atoms with E-state index in [-0.39, 0.29) is 12.2 Å². The topological polar surface area (TPSA) is 134 Å². The van der Waals surface area contributed by atoms with Crippen molar-refractivity contribution in [3.8, 4) is 17.2 Å². The van der Waals surface area contributed by atoms with Crippen LogP contribution in [0.15, 0.2) is 39.8 Å².